The van der Waals surface area contributed by atoms with E-state index < -0.39 is 10.0 Å². The summed E-state index contributed by atoms with van der Waals surface area (Å²) in [5.74, 6) is 0. The topological polar surface area (TPSA) is 72.2 Å². The largest absolute Gasteiger partial charge is 0.399 e. The van der Waals surface area contributed by atoms with Crippen molar-refractivity contribution in [1.82, 2.24) is 0 Å². The molecule has 2 aromatic rings. The highest BCUT2D eigenvalue weighted by Crippen LogP contribution is 2.33. The van der Waals surface area contributed by atoms with Crippen LogP contribution in [0.25, 0.3) is 0 Å². The predicted molar refractivity (Wildman–Crippen MR) is 83.1 cm³/mol. The zero-order valence-corrected chi connectivity index (χ0v) is 13.0. The van der Waals surface area contributed by atoms with Crippen LogP contribution >= 0.6 is 34.8 Å². The summed E-state index contributed by atoms with van der Waals surface area (Å²) in [6.07, 6.45) is 0. The van der Waals surface area contributed by atoms with Gasteiger partial charge < -0.3 is 5.73 Å². The molecule has 3 N–H and O–H groups in total. The van der Waals surface area contributed by atoms with Gasteiger partial charge in [0, 0.05) is 16.4 Å². The molecule has 0 saturated heterocycles. The molecule has 0 radical (unpaired) electrons. The number of anilines is 2. The van der Waals surface area contributed by atoms with Crippen molar-refractivity contribution in [3.05, 3.63) is 51.5 Å². The van der Waals surface area contributed by atoms with E-state index in [9.17, 15) is 8.42 Å². The van der Waals surface area contributed by atoms with Gasteiger partial charge in [-0.2, -0.15) is 0 Å². The first kappa shape index (κ1) is 15.3. The van der Waals surface area contributed by atoms with E-state index in [2.05, 4.69) is 4.72 Å². The van der Waals surface area contributed by atoms with Crippen molar-refractivity contribution < 1.29 is 8.42 Å². The molecule has 0 aliphatic rings. The molecule has 0 heterocycles. The molecule has 0 aromatic heterocycles. The Hall–Kier alpha value is -1.14. The van der Waals surface area contributed by atoms with Gasteiger partial charge in [-0.15, -0.1) is 0 Å². The molecule has 0 saturated carbocycles. The molecule has 2 rings (SSSR count). The third-order valence-corrected chi connectivity index (χ3v) is 4.91. The van der Waals surface area contributed by atoms with Gasteiger partial charge in [0.05, 0.1) is 10.0 Å². The number of halogens is 3. The van der Waals surface area contributed by atoms with Gasteiger partial charge in [-0.25, -0.2) is 8.42 Å². The van der Waals surface area contributed by atoms with E-state index in [-0.39, 0.29) is 20.0 Å². The van der Waals surface area contributed by atoms with Crippen LogP contribution in [-0.2, 0) is 10.0 Å². The van der Waals surface area contributed by atoms with E-state index in [0.717, 1.165) is 0 Å². The molecule has 2 aromatic carbocycles. The summed E-state index contributed by atoms with van der Waals surface area (Å²) >= 11 is 17.6. The monoisotopic (exact) mass is 350 g/mol. The highest BCUT2D eigenvalue weighted by molar-refractivity contribution is 7.93. The van der Waals surface area contributed by atoms with Crippen LogP contribution in [0, 0.1) is 0 Å². The van der Waals surface area contributed by atoms with Gasteiger partial charge >= 0.3 is 0 Å². The van der Waals surface area contributed by atoms with Crippen LogP contribution in [0.4, 0.5) is 11.4 Å². The third-order valence-electron chi connectivity index (χ3n) is 2.39. The van der Waals surface area contributed by atoms with Crippen LogP contribution in [0.3, 0.4) is 0 Å². The number of benzene rings is 2. The van der Waals surface area contributed by atoms with Crippen LogP contribution in [0.5, 0.6) is 0 Å². The zero-order valence-electron chi connectivity index (χ0n) is 9.90. The number of nitrogens with two attached hydrogens (primary N) is 1. The second-order valence-electron chi connectivity index (χ2n) is 3.93. The van der Waals surface area contributed by atoms with E-state index in [4.69, 9.17) is 40.5 Å². The number of rotatable bonds is 3. The Morgan fingerprint density at radius 2 is 1.45 bits per heavy atom. The normalized spacial score (nSPS) is 11.3. The first-order valence-corrected chi connectivity index (χ1v) is 7.94. The molecule has 0 aliphatic carbocycles. The van der Waals surface area contributed by atoms with E-state index >= 15 is 0 Å². The van der Waals surface area contributed by atoms with Crippen molar-refractivity contribution >= 4 is 56.2 Å². The van der Waals surface area contributed by atoms with Gasteiger partial charge in [-0.3, -0.25) is 4.72 Å². The lowest BCUT2D eigenvalue weighted by Crippen LogP contribution is -2.14. The third kappa shape index (κ3) is 3.30. The molecular formula is C12H9Cl3N2O2S. The molecule has 0 aliphatic heterocycles. The predicted octanol–water partition coefficient (Wildman–Crippen LogP) is 4.03. The average Bonchev–Trinajstić information content (AvgIpc) is 2.30. The highest BCUT2D eigenvalue weighted by Gasteiger charge is 2.22. The number of nitrogen functional groups attached to an aromatic ring is 1. The Labute approximate surface area is 131 Å². The summed E-state index contributed by atoms with van der Waals surface area (Å²) in [6.45, 7) is 0. The Kier molecular flexibility index (Phi) is 4.34. The summed E-state index contributed by atoms with van der Waals surface area (Å²) in [4.78, 5) is -0.220. The number of hydrogen-bond acceptors (Lipinski definition) is 3. The second kappa shape index (κ2) is 5.69. The van der Waals surface area contributed by atoms with Crippen LogP contribution in [-0.4, -0.2) is 8.42 Å². The molecule has 0 unspecified atom stereocenters. The fourth-order valence-electron chi connectivity index (χ4n) is 1.54. The van der Waals surface area contributed by atoms with Crippen LogP contribution in [0.15, 0.2) is 41.3 Å². The van der Waals surface area contributed by atoms with Crippen molar-refractivity contribution in [2.45, 2.75) is 4.90 Å². The van der Waals surface area contributed by atoms with E-state index in [1.807, 2.05) is 0 Å². The second-order valence-corrected chi connectivity index (χ2v) is 6.80. The van der Waals surface area contributed by atoms with Gasteiger partial charge in [0.2, 0.25) is 0 Å². The minimum absolute atomic E-state index is 0.0505. The fraction of sp³-hybridized carbons (Fsp3) is 0. The maximum Gasteiger partial charge on any atom is 0.264 e. The quantitative estimate of drug-likeness (QED) is 0.820. The SMILES string of the molecule is Nc1ccc(NS(=O)(=O)c2c(Cl)cc(Cl)cc2Cl)cc1. The molecule has 106 valence electrons. The summed E-state index contributed by atoms with van der Waals surface area (Å²) < 4.78 is 26.9. The minimum Gasteiger partial charge on any atom is -0.399 e. The molecule has 20 heavy (non-hydrogen) atoms. The maximum atomic E-state index is 12.3. The Morgan fingerprint density at radius 1 is 0.950 bits per heavy atom. The van der Waals surface area contributed by atoms with Crippen molar-refractivity contribution in [3.8, 4) is 0 Å². The first-order valence-electron chi connectivity index (χ1n) is 5.32. The average molecular weight is 352 g/mol. The standard InChI is InChI=1S/C12H9Cl3N2O2S/c13-7-5-10(14)12(11(15)6-7)20(18,19)17-9-3-1-8(16)2-4-9/h1-6,17H,16H2. The van der Waals surface area contributed by atoms with Crippen molar-refractivity contribution in [3.63, 3.8) is 0 Å². The van der Waals surface area contributed by atoms with Crippen molar-refractivity contribution in [2.75, 3.05) is 10.5 Å². The van der Waals surface area contributed by atoms with Crippen LogP contribution in [0.1, 0.15) is 0 Å². The van der Waals surface area contributed by atoms with Crippen molar-refractivity contribution in [1.29, 1.82) is 0 Å². The van der Waals surface area contributed by atoms with Crippen LogP contribution < -0.4 is 10.5 Å². The molecule has 0 bridgehead atoms. The summed E-state index contributed by atoms with van der Waals surface area (Å²) in [5, 5.41) is 0.155. The zero-order chi connectivity index (χ0) is 14.9. The number of sulfonamides is 1. The molecule has 0 spiro atoms. The summed E-state index contributed by atoms with van der Waals surface area (Å²) in [6, 6.07) is 8.83. The molecular weight excluding hydrogens is 343 g/mol. The maximum absolute atomic E-state index is 12.3. The number of hydrogen-bond donors (Lipinski definition) is 2. The lowest BCUT2D eigenvalue weighted by Gasteiger charge is -2.11. The van der Waals surface area contributed by atoms with Gasteiger partial charge in [0.15, 0.2) is 0 Å². The minimum atomic E-state index is -3.92. The lowest BCUT2D eigenvalue weighted by atomic mass is 10.3. The Bertz CT molecular complexity index is 723. The van der Waals surface area contributed by atoms with E-state index in [1.54, 1.807) is 12.1 Å². The summed E-state index contributed by atoms with van der Waals surface area (Å²) in [7, 11) is -3.92. The molecule has 4 nitrogen and oxygen atoms in total. The first-order chi connectivity index (χ1) is 9.29. The lowest BCUT2D eigenvalue weighted by molar-refractivity contribution is 0.601. The van der Waals surface area contributed by atoms with Gasteiger partial charge in [0.1, 0.15) is 4.90 Å². The Balaban J connectivity index is 2.43. The van der Waals surface area contributed by atoms with Gasteiger partial charge in [0.25, 0.3) is 10.0 Å². The molecule has 0 fully saturated rings. The molecule has 0 amide bonds. The number of nitrogens with one attached hydrogen (secondary N) is 1. The van der Waals surface area contributed by atoms with Crippen molar-refractivity contribution in [2.24, 2.45) is 0 Å². The molecule has 8 heteroatoms. The molecule has 0 atom stereocenters. The van der Waals surface area contributed by atoms with Crippen LogP contribution in [0.2, 0.25) is 15.1 Å². The highest BCUT2D eigenvalue weighted by atomic mass is 35.5. The Morgan fingerprint density at radius 3 is 1.95 bits per heavy atom. The summed E-state index contributed by atoms with van der Waals surface area (Å²) in [5.41, 5.74) is 6.40. The fourth-order valence-corrected chi connectivity index (χ4v) is 4.15. The van der Waals surface area contributed by atoms with Gasteiger partial charge in [-0.1, -0.05) is 34.8 Å². The smallest absolute Gasteiger partial charge is 0.264 e. The van der Waals surface area contributed by atoms with E-state index in [1.165, 1.54) is 24.3 Å². The van der Waals surface area contributed by atoms with Gasteiger partial charge in [-0.05, 0) is 36.4 Å². The van der Waals surface area contributed by atoms with E-state index in [0.29, 0.717) is 11.4 Å².